The molecule has 48 heavy (non-hydrogen) atoms. The number of benzene rings is 7. The van der Waals surface area contributed by atoms with Gasteiger partial charge in [-0.3, -0.25) is 0 Å². The largest absolute Gasteiger partial charge is 0.150 e. The van der Waals surface area contributed by atoms with Crippen LogP contribution in [0, 0.1) is 0 Å². The van der Waals surface area contributed by atoms with E-state index in [0.717, 1.165) is 28.1 Å². The molecular formula is C45H28N2S. The Balaban J connectivity index is 1.10. The highest BCUT2D eigenvalue weighted by Crippen LogP contribution is 2.62. The molecule has 1 spiro atoms. The molecule has 0 saturated carbocycles. The summed E-state index contributed by atoms with van der Waals surface area (Å²) in [5, 5.41) is 11.8. The molecular weight excluding hydrogens is 601 g/mol. The van der Waals surface area contributed by atoms with Gasteiger partial charge in [0.2, 0.25) is 0 Å². The second-order valence-corrected chi connectivity index (χ2v) is 13.6. The van der Waals surface area contributed by atoms with E-state index in [-0.39, 0.29) is 5.41 Å². The molecule has 2 heterocycles. The van der Waals surface area contributed by atoms with Gasteiger partial charge in [-0.2, -0.15) is 0 Å². The SMILES string of the molecule is c1cc(-c2ccc3c(c2)C2(c4ccccc4S3)c3ccccc3-c3ccccc32)cc(-c2ccc(-c3cccc4ccccc34)nn2)c1. The summed E-state index contributed by atoms with van der Waals surface area (Å²) in [5.41, 5.74) is 13.9. The summed E-state index contributed by atoms with van der Waals surface area (Å²) in [6, 6.07) is 61.6. The molecule has 7 aromatic carbocycles. The van der Waals surface area contributed by atoms with Gasteiger partial charge < -0.3 is 0 Å². The van der Waals surface area contributed by atoms with Crippen molar-refractivity contribution in [2.45, 2.75) is 15.2 Å². The van der Waals surface area contributed by atoms with Gasteiger partial charge >= 0.3 is 0 Å². The third kappa shape index (κ3) is 3.95. The zero-order valence-electron chi connectivity index (χ0n) is 26.0. The minimum atomic E-state index is -0.388. The fourth-order valence-corrected chi connectivity index (χ4v) is 9.15. The van der Waals surface area contributed by atoms with Crippen LogP contribution in [-0.4, -0.2) is 10.2 Å². The first-order valence-electron chi connectivity index (χ1n) is 16.3. The van der Waals surface area contributed by atoms with Crippen LogP contribution >= 0.6 is 11.8 Å². The lowest BCUT2D eigenvalue weighted by atomic mass is 9.67. The molecule has 1 aliphatic carbocycles. The van der Waals surface area contributed by atoms with E-state index in [0.29, 0.717) is 0 Å². The summed E-state index contributed by atoms with van der Waals surface area (Å²) in [6.07, 6.45) is 0. The molecule has 0 amide bonds. The molecule has 2 nitrogen and oxygen atoms in total. The van der Waals surface area contributed by atoms with Gasteiger partial charge in [0, 0.05) is 20.9 Å². The zero-order valence-corrected chi connectivity index (χ0v) is 26.8. The van der Waals surface area contributed by atoms with Gasteiger partial charge in [-0.25, -0.2) is 0 Å². The first kappa shape index (κ1) is 27.4. The van der Waals surface area contributed by atoms with E-state index < -0.39 is 0 Å². The minimum Gasteiger partial charge on any atom is -0.150 e. The Labute approximate surface area is 283 Å². The Bertz CT molecular complexity index is 2500. The molecule has 1 aliphatic heterocycles. The maximum Gasteiger partial charge on any atom is 0.0936 e. The lowest BCUT2D eigenvalue weighted by Crippen LogP contribution is -2.32. The predicted molar refractivity (Wildman–Crippen MR) is 197 cm³/mol. The Hall–Kier alpha value is -5.77. The third-order valence-electron chi connectivity index (χ3n) is 10.1. The van der Waals surface area contributed by atoms with Crippen molar-refractivity contribution in [1.82, 2.24) is 10.2 Å². The summed E-state index contributed by atoms with van der Waals surface area (Å²) in [5.74, 6) is 0. The summed E-state index contributed by atoms with van der Waals surface area (Å²) in [4.78, 5) is 2.62. The van der Waals surface area contributed by atoms with E-state index in [1.165, 1.54) is 59.5 Å². The third-order valence-corrected chi connectivity index (χ3v) is 11.2. The van der Waals surface area contributed by atoms with Gasteiger partial charge in [-0.05, 0) is 91.7 Å². The normalized spacial score (nSPS) is 13.5. The van der Waals surface area contributed by atoms with Crippen LogP contribution in [0.2, 0.25) is 0 Å². The number of hydrogen-bond donors (Lipinski definition) is 0. The smallest absolute Gasteiger partial charge is 0.0936 e. The molecule has 0 atom stereocenters. The van der Waals surface area contributed by atoms with Gasteiger partial charge in [0.25, 0.3) is 0 Å². The van der Waals surface area contributed by atoms with E-state index >= 15 is 0 Å². The topological polar surface area (TPSA) is 25.8 Å². The van der Waals surface area contributed by atoms with E-state index in [1.54, 1.807) is 0 Å². The molecule has 2 aliphatic rings. The average Bonchev–Trinajstić information content (AvgIpc) is 3.45. The van der Waals surface area contributed by atoms with Crippen molar-refractivity contribution < 1.29 is 0 Å². The maximum absolute atomic E-state index is 4.72. The molecule has 10 rings (SSSR count). The predicted octanol–water partition coefficient (Wildman–Crippen LogP) is 11.5. The number of hydrogen-bond acceptors (Lipinski definition) is 3. The Morgan fingerprint density at radius 1 is 0.375 bits per heavy atom. The fraction of sp³-hybridized carbons (Fsp3) is 0.0222. The van der Waals surface area contributed by atoms with Crippen molar-refractivity contribution in [3.63, 3.8) is 0 Å². The van der Waals surface area contributed by atoms with E-state index in [9.17, 15) is 0 Å². The molecule has 0 N–H and O–H groups in total. The number of nitrogens with zero attached hydrogens (tertiary/aromatic N) is 2. The summed E-state index contributed by atoms with van der Waals surface area (Å²) in [6.45, 7) is 0. The molecule has 1 aromatic heterocycles. The van der Waals surface area contributed by atoms with Gasteiger partial charge in [-0.1, -0.05) is 145 Å². The number of aromatic nitrogens is 2. The first-order chi connectivity index (χ1) is 23.8. The average molecular weight is 629 g/mol. The van der Waals surface area contributed by atoms with Crippen LogP contribution in [0.1, 0.15) is 22.3 Å². The Kier molecular flexibility index (Phi) is 6.06. The molecule has 0 fully saturated rings. The molecule has 0 radical (unpaired) electrons. The fourth-order valence-electron chi connectivity index (χ4n) is 7.97. The van der Waals surface area contributed by atoms with Crippen LogP contribution in [0.4, 0.5) is 0 Å². The Morgan fingerprint density at radius 3 is 1.77 bits per heavy atom. The molecule has 3 heteroatoms. The van der Waals surface area contributed by atoms with Crippen molar-refractivity contribution in [2.24, 2.45) is 0 Å². The number of rotatable bonds is 3. The van der Waals surface area contributed by atoms with Gasteiger partial charge in [-0.15, -0.1) is 10.2 Å². The highest BCUT2D eigenvalue weighted by atomic mass is 32.2. The van der Waals surface area contributed by atoms with Crippen LogP contribution in [0.5, 0.6) is 0 Å². The standard InChI is InChI=1S/C45H28N2S/c1-2-15-33-29(11-1)12-10-18-36(33)42-25-24-41(46-47-42)32-14-9-13-30(27-32)31-23-26-44-40(28-31)45(39-21-7-8-22-43(39)48-44)37-19-5-3-16-34(37)35-17-4-6-20-38(35)45/h1-28H. The zero-order chi connectivity index (χ0) is 31.7. The van der Waals surface area contributed by atoms with E-state index in [2.05, 4.69) is 170 Å². The second kappa shape index (κ2) is 10.6. The van der Waals surface area contributed by atoms with E-state index in [1.807, 2.05) is 11.8 Å². The van der Waals surface area contributed by atoms with Crippen LogP contribution in [0.15, 0.2) is 180 Å². The lowest BCUT2D eigenvalue weighted by Gasteiger charge is -2.40. The minimum absolute atomic E-state index is 0.388. The van der Waals surface area contributed by atoms with Crippen LogP contribution in [0.25, 0.3) is 55.5 Å². The Morgan fingerprint density at radius 2 is 0.958 bits per heavy atom. The van der Waals surface area contributed by atoms with Gasteiger partial charge in [0.1, 0.15) is 0 Å². The van der Waals surface area contributed by atoms with E-state index in [4.69, 9.17) is 10.2 Å². The van der Waals surface area contributed by atoms with Gasteiger partial charge in [0.15, 0.2) is 0 Å². The summed E-state index contributed by atoms with van der Waals surface area (Å²) in [7, 11) is 0. The van der Waals surface area contributed by atoms with Gasteiger partial charge in [0.05, 0.1) is 16.8 Å². The first-order valence-corrected chi connectivity index (χ1v) is 17.1. The molecule has 8 aromatic rings. The number of fused-ring (bicyclic) bond motifs is 10. The van der Waals surface area contributed by atoms with Crippen molar-refractivity contribution in [3.8, 4) is 44.8 Å². The molecule has 0 saturated heterocycles. The van der Waals surface area contributed by atoms with Crippen molar-refractivity contribution in [3.05, 3.63) is 192 Å². The molecule has 0 bridgehead atoms. The highest BCUT2D eigenvalue weighted by molar-refractivity contribution is 7.99. The second-order valence-electron chi connectivity index (χ2n) is 12.6. The van der Waals surface area contributed by atoms with Crippen molar-refractivity contribution >= 4 is 22.5 Å². The lowest BCUT2D eigenvalue weighted by molar-refractivity contribution is 0.723. The molecule has 224 valence electrons. The maximum atomic E-state index is 4.72. The van der Waals surface area contributed by atoms with Crippen LogP contribution in [0.3, 0.4) is 0 Å². The monoisotopic (exact) mass is 628 g/mol. The summed E-state index contributed by atoms with van der Waals surface area (Å²) >= 11 is 1.88. The quantitative estimate of drug-likeness (QED) is 0.195. The molecule has 0 unspecified atom stereocenters. The highest BCUT2D eigenvalue weighted by Gasteiger charge is 2.50. The van der Waals surface area contributed by atoms with Crippen molar-refractivity contribution in [1.29, 1.82) is 0 Å². The van der Waals surface area contributed by atoms with Crippen molar-refractivity contribution in [2.75, 3.05) is 0 Å². The van der Waals surface area contributed by atoms with Crippen LogP contribution < -0.4 is 0 Å². The summed E-state index contributed by atoms with van der Waals surface area (Å²) < 4.78 is 0. The van der Waals surface area contributed by atoms with Crippen LogP contribution in [-0.2, 0) is 5.41 Å².